The van der Waals surface area contributed by atoms with Crippen molar-refractivity contribution in [1.29, 1.82) is 0 Å². The van der Waals surface area contributed by atoms with Crippen molar-refractivity contribution in [2.24, 2.45) is 0 Å². The molecule has 6 aromatic rings. The summed E-state index contributed by atoms with van der Waals surface area (Å²) in [5, 5.41) is 0.895. The van der Waals surface area contributed by atoms with Gasteiger partial charge < -0.3 is 23.0 Å². The average molecular weight is 533 g/mol. The zero-order chi connectivity index (χ0) is 27.8. The van der Waals surface area contributed by atoms with Gasteiger partial charge in [0.15, 0.2) is 10.9 Å². The van der Waals surface area contributed by atoms with E-state index in [1.165, 1.54) is 12.1 Å². The van der Waals surface area contributed by atoms with E-state index < -0.39 is 0 Å². The molecule has 0 atom stereocenters. The topological polar surface area (TPSA) is 88.1 Å². The molecule has 0 saturated heterocycles. The van der Waals surface area contributed by atoms with Gasteiger partial charge in [0.2, 0.25) is 0 Å². The number of hydrogen-bond acceptors (Lipinski definition) is 7. The molecule has 0 N–H and O–H groups in total. The van der Waals surface area contributed by atoms with Crippen LogP contribution >= 0.6 is 0 Å². The quantitative estimate of drug-likeness (QED) is 0.230. The molecule has 0 saturated carbocycles. The number of methoxy groups -OCH3 is 3. The van der Waals surface area contributed by atoms with E-state index in [2.05, 4.69) is 0 Å². The van der Waals surface area contributed by atoms with Gasteiger partial charge in [0.05, 0.1) is 32.1 Å². The SMILES string of the molecule is COc1ccc(-c2cc(=O)c3cccc(-c4cc(-c5cc(=O)c6ccc(OC)cc6o5)ccc4OC)c3o2)cc1. The Morgan fingerprint density at radius 3 is 1.95 bits per heavy atom. The Balaban J connectivity index is 1.54. The van der Waals surface area contributed by atoms with Crippen molar-refractivity contribution in [3.05, 3.63) is 111 Å². The fraction of sp³-hybridized carbons (Fsp3) is 0.0909. The van der Waals surface area contributed by atoms with Gasteiger partial charge in [-0.05, 0) is 60.7 Å². The predicted octanol–water partition coefficient (Wildman–Crippen LogP) is 6.93. The molecular weight excluding hydrogens is 508 g/mol. The molecule has 6 rings (SSSR count). The van der Waals surface area contributed by atoms with E-state index in [1.807, 2.05) is 42.5 Å². The van der Waals surface area contributed by atoms with Crippen LogP contribution < -0.4 is 25.1 Å². The van der Waals surface area contributed by atoms with Crippen LogP contribution in [0.1, 0.15) is 0 Å². The third-order valence-corrected chi connectivity index (χ3v) is 6.84. The standard InChI is InChI=1S/C33H24O7/c1-36-21-10-7-19(8-11-21)30-18-28(35)25-6-4-5-23(33(25)40-30)26-15-20(9-14-29(26)38-3)31-17-27(34)24-13-12-22(37-2)16-32(24)39-31/h4-18H,1-3H3. The van der Waals surface area contributed by atoms with E-state index in [1.54, 1.807) is 57.7 Å². The van der Waals surface area contributed by atoms with Crippen LogP contribution in [0.15, 0.2) is 109 Å². The second-order valence-electron chi connectivity index (χ2n) is 9.14. The van der Waals surface area contributed by atoms with Crippen LogP contribution in [0.2, 0.25) is 0 Å². The number of rotatable bonds is 6. The molecule has 7 nitrogen and oxygen atoms in total. The van der Waals surface area contributed by atoms with Gasteiger partial charge in [-0.25, -0.2) is 0 Å². The molecule has 0 radical (unpaired) electrons. The van der Waals surface area contributed by atoms with Crippen molar-refractivity contribution in [2.45, 2.75) is 0 Å². The van der Waals surface area contributed by atoms with Crippen LogP contribution in [-0.2, 0) is 0 Å². The Labute approximate surface area is 228 Å². The molecule has 0 fully saturated rings. The molecule has 198 valence electrons. The Morgan fingerprint density at radius 2 is 1.23 bits per heavy atom. The molecule has 4 aromatic carbocycles. The van der Waals surface area contributed by atoms with E-state index in [4.69, 9.17) is 23.0 Å². The van der Waals surface area contributed by atoms with Crippen molar-refractivity contribution < 1.29 is 23.0 Å². The highest BCUT2D eigenvalue weighted by molar-refractivity contribution is 5.95. The zero-order valence-electron chi connectivity index (χ0n) is 22.0. The first-order valence-electron chi connectivity index (χ1n) is 12.5. The minimum absolute atomic E-state index is 0.168. The number of fused-ring (bicyclic) bond motifs is 2. The van der Waals surface area contributed by atoms with E-state index in [0.29, 0.717) is 67.4 Å². The molecule has 40 heavy (non-hydrogen) atoms. The summed E-state index contributed by atoms with van der Waals surface area (Å²) in [5.74, 6) is 2.67. The van der Waals surface area contributed by atoms with Crippen LogP contribution in [0.4, 0.5) is 0 Å². The van der Waals surface area contributed by atoms with E-state index >= 15 is 0 Å². The summed E-state index contributed by atoms with van der Waals surface area (Å²) in [5.41, 5.74) is 3.23. The molecule has 0 bridgehead atoms. The maximum atomic E-state index is 13.2. The fourth-order valence-corrected chi connectivity index (χ4v) is 4.76. The summed E-state index contributed by atoms with van der Waals surface area (Å²) in [6.45, 7) is 0. The van der Waals surface area contributed by atoms with E-state index in [-0.39, 0.29) is 10.9 Å². The second-order valence-corrected chi connectivity index (χ2v) is 9.14. The van der Waals surface area contributed by atoms with E-state index in [0.717, 1.165) is 5.56 Å². The van der Waals surface area contributed by atoms with Crippen LogP contribution in [0.25, 0.3) is 55.7 Å². The van der Waals surface area contributed by atoms with Crippen molar-refractivity contribution in [3.8, 4) is 51.0 Å². The summed E-state index contributed by atoms with van der Waals surface area (Å²) in [6.07, 6.45) is 0. The summed E-state index contributed by atoms with van der Waals surface area (Å²) in [4.78, 5) is 26.1. The van der Waals surface area contributed by atoms with Gasteiger partial charge >= 0.3 is 0 Å². The molecule has 2 heterocycles. The lowest BCUT2D eigenvalue weighted by Gasteiger charge is -2.13. The minimum Gasteiger partial charge on any atom is -0.497 e. The monoisotopic (exact) mass is 532 g/mol. The van der Waals surface area contributed by atoms with Crippen molar-refractivity contribution in [2.75, 3.05) is 21.3 Å². The normalized spacial score (nSPS) is 11.1. The van der Waals surface area contributed by atoms with Crippen LogP contribution in [0, 0.1) is 0 Å². The number of para-hydroxylation sites is 1. The molecule has 2 aromatic heterocycles. The zero-order valence-corrected chi connectivity index (χ0v) is 22.0. The molecule has 7 heteroatoms. The third-order valence-electron chi connectivity index (χ3n) is 6.84. The largest absolute Gasteiger partial charge is 0.497 e. The fourth-order valence-electron chi connectivity index (χ4n) is 4.76. The number of ether oxygens (including phenoxy) is 3. The lowest BCUT2D eigenvalue weighted by atomic mass is 9.98. The van der Waals surface area contributed by atoms with Crippen LogP contribution in [0.3, 0.4) is 0 Å². The highest BCUT2D eigenvalue weighted by Gasteiger charge is 2.17. The molecule has 0 aliphatic rings. The Hall–Kier alpha value is -5.30. The first-order chi connectivity index (χ1) is 19.5. The number of hydrogen-bond donors (Lipinski definition) is 0. The van der Waals surface area contributed by atoms with Gasteiger partial charge in [-0.2, -0.15) is 0 Å². The highest BCUT2D eigenvalue weighted by Crippen LogP contribution is 2.39. The average Bonchev–Trinajstić information content (AvgIpc) is 3.00. The molecular formula is C33H24O7. The second kappa shape index (κ2) is 10.1. The van der Waals surface area contributed by atoms with Crippen LogP contribution in [-0.4, -0.2) is 21.3 Å². The minimum atomic E-state index is -0.170. The first kappa shape index (κ1) is 25.0. The first-order valence-corrected chi connectivity index (χ1v) is 12.5. The summed E-state index contributed by atoms with van der Waals surface area (Å²) >= 11 is 0. The summed E-state index contributed by atoms with van der Waals surface area (Å²) in [7, 11) is 4.73. The molecule has 0 aliphatic carbocycles. The predicted molar refractivity (Wildman–Crippen MR) is 154 cm³/mol. The van der Waals surface area contributed by atoms with Gasteiger partial charge in [0.25, 0.3) is 0 Å². The van der Waals surface area contributed by atoms with Gasteiger partial charge in [-0.3, -0.25) is 9.59 Å². The van der Waals surface area contributed by atoms with Crippen molar-refractivity contribution in [1.82, 2.24) is 0 Å². The molecule has 0 unspecified atom stereocenters. The van der Waals surface area contributed by atoms with Crippen LogP contribution in [0.5, 0.6) is 17.2 Å². The van der Waals surface area contributed by atoms with Gasteiger partial charge in [0, 0.05) is 40.5 Å². The van der Waals surface area contributed by atoms with Crippen molar-refractivity contribution in [3.63, 3.8) is 0 Å². The lowest BCUT2D eigenvalue weighted by Crippen LogP contribution is -2.02. The van der Waals surface area contributed by atoms with Gasteiger partial charge in [-0.1, -0.05) is 12.1 Å². The Morgan fingerprint density at radius 1 is 0.550 bits per heavy atom. The van der Waals surface area contributed by atoms with Crippen molar-refractivity contribution >= 4 is 21.9 Å². The van der Waals surface area contributed by atoms with Gasteiger partial charge in [-0.15, -0.1) is 0 Å². The molecule has 0 amide bonds. The molecule has 0 aliphatic heterocycles. The number of benzene rings is 4. The molecule has 0 spiro atoms. The summed E-state index contributed by atoms with van der Waals surface area (Å²) in [6, 6.07) is 26.2. The van der Waals surface area contributed by atoms with Gasteiger partial charge in [0.1, 0.15) is 39.9 Å². The maximum absolute atomic E-state index is 13.2. The third kappa shape index (κ3) is 4.37. The Bertz CT molecular complexity index is 2000. The summed E-state index contributed by atoms with van der Waals surface area (Å²) < 4.78 is 28.7. The highest BCUT2D eigenvalue weighted by atomic mass is 16.5. The Kier molecular flexibility index (Phi) is 6.32. The smallest absolute Gasteiger partial charge is 0.193 e. The maximum Gasteiger partial charge on any atom is 0.193 e. The lowest BCUT2D eigenvalue weighted by molar-refractivity contribution is 0.414. The van der Waals surface area contributed by atoms with E-state index in [9.17, 15) is 9.59 Å².